The van der Waals surface area contributed by atoms with Crippen LogP contribution in [0.4, 0.5) is 0 Å². The third-order valence-corrected chi connectivity index (χ3v) is 5.55. The summed E-state index contributed by atoms with van der Waals surface area (Å²) in [6.07, 6.45) is 1.07. The zero-order chi connectivity index (χ0) is 17.0. The molecule has 0 saturated carbocycles. The quantitative estimate of drug-likeness (QED) is 0.656. The molecule has 1 saturated heterocycles. The van der Waals surface area contributed by atoms with E-state index >= 15 is 0 Å². The maximum atomic E-state index is 12.9. The van der Waals surface area contributed by atoms with Gasteiger partial charge < -0.3 is 15.0 Å². The maximum absolute atomic E-state index is 12.9. The first-order valence-electron chi connectivity index (χ1n) is 7.94. The minimum absolute atomic E-state index is 0.252. The minimum Gasteiger partial charge on any atom is -0.597 e. The zero-order valence-corrected chi connectivity index (χ0v) is 14.8. The van der Waals surface area contributed by atoms with Crippen LogP contribution in [-0.2, 0) is 27.4 Å². The lowest BCUT2D eigenvalue weighted by Gasteiger charge is -2.35. The summed E-state index contributed by atoms with van der Waals surface area (Å²) in [4.78, 5) is 11.7. The molecule has 5 nitrogen and oxygen atoms in total. The molecule has 2 N–H and O–H groups in total. The third kappa shape index (κ3) is 5.21. The smallest absolute Gasteiger partial charge is 0.323 e. The van der Waals surface area contributed by atoms with Crippen molar-refractivity contribution < 1.29 is 14.1 Å². The van der Waals surface area contributed by atoms with Gasteiger partial charge in [-0.1, -0.05) is 30.3 Å². The summed E-state index contributed by atoms with van der Waals surface area (Å²) in [5.74, 6) is -0.359. The highest BCUT2D eigenvalue weighted by atomic mass is 32.2. The van der Waals surface area contributed by atoms with Crippen molar-refractivity contribution in [3.63, 3.8) is 0 Å². The molecule has 0 aliphatic carbocycles. The van der Waals surface area contributed by atoms with E-state index in [1.807, 2.05) is 55.4 Å². The molecule has 1 aliphatic heterocycles. The van der Waals surface area contributed by atoms with Crippen LogP contribution in [0.1, 0.15) is 39.2 Å². The van der Waals surface area contributed by atoms with Crippen LogP contribution >= 0.6 is 0 Å². The van der Waals surface area contributed by atoms with Gasteiger partial charge in [-0.05, 0) is 39.2 Å². The molecule has 3 atom stereocenters. The van der Waals surface area contributed by atoms with Crippen molar-refractivity contribution in [3.05, 3.63) is 35.9 Å². The number of nitrogens with zero attached hydrogens (tertiary/aromatic N) is 1. The summed E-state index contributed by atoms with van der Waals surface area (Å²) in [7, 11) is 0. The monoisotopic (exact) mass is 338 g/mol. The average molecular weight is 338 g/mol. The Labute approximate surface area is 141 Å². The van der Waals surface area contributed by atoms with E-state index in [4.69, 9.17) is 10.5 Å². The van der Waals surface area contributed by atoms with E-state index in [0.717, 1.165) is 5.56 Å². The van der Waals surface area contributed by atoms with E-state index in [0.29, 0.717) is 25.9 Å². The molecule has 0 aromatic heterocycles. The highest BCUT2D eigenvalue weighted by molar-refractivity contribution is 7.90. The van der Waals surface area contributed by atoms with Crippen LogP contribution in [0.25, 0.3) is 0 Å². The summed E-state index contributed by atoms with van der Waals surface area (Å²) in [6.45, 7) is 6.86. The molecule has 2 rings (SSSR count). The van der Waals surface area contributed by atoms with Crippen molar-refractivity contribution >= 4 is 17.3 Å². The molecular formula is C17H26N2O3S. The summed E-state index contributed by atoms with van der Waals surface area (Å²) < 4.78 is 19.8. The Morgan fingerprint density at radius 1 is 1.30 bits per heavy atom. The van der Waals surface area contributed by atoms with E-state index < -0.39 is 17.4 Å². The fraction of sp³-hybridized carbons (Fsp3) is 0.588. The first-order chi connectivity index (χ1) is 10.8. The molecular weight excluding hydrogens is 312 g/mol. The number of nitrogens with two attached hydrogens (primary N) is 1. The van der Waals surface area contributed by atoms with Crippen LogP contribution in [0.15, 0.2) is 30.3 Å². The largest absolute Gasteiger partial charge is 0.597 e. The second kappa shape index (κ2) is 7.66. The van der Waals surface area contributed by atoms with Gasteiger partial charge in [0.1, 0.15) is 16.9 Å². The topological polar surface area (TPSA) is 78.6 Å². The van der Waals surface area contributed by atoms with Crippen LogP contribution in [0.2, 0.25) is 0 Å². The number of hydrogen-bond donors (Lipinski definition) is 1. The SMILES string of the molecule is CC(C)(C)[S@+]([O-])N(Cc1ccccc1)C[C@@H]1CCC(N)C(=O)O1. The van der Waals surface area contributed by atoms with Crippen LogP contribution < -0.4 is 5.73 Å². The number of ether oxygens (including phenoxy) is 1. The molecule has 6 heteroatoms. The Hall–Kier alpha value is -1.08. The lowest BCUT2D eigenvalue weighted by molar-refractivity contribution is -0.156. The summed E-state index contributed by atoms with van der Waals surface area (Å²) in [5, 5.41) is 0. The first kappa shape index (κ1) is 18.3. The molecule has 1 aromatic rings. The number of carbonyl (C=O) groups is 1. The fourth-order valence-electron chi connectivity index (χ4n) is 2.51. The zero-order valence-electron chi connectivity index (χ0n) is 14.0. The Kier molecular flexibility index (Phi) is 6.08. The summed E-state index contributed by atoms with van der Waals surface area (Å²) in [5.41, 5.74) is 6.76. The van der Waals surface area contributed by atoms with Crippen molar-refractivity contribution in [2.75, 3.05) is 6.54 Å². The van der Waals surface area contributed by atoms with E-state index in [2.05, 4.69) is 0 Å². The third-order valence-electron chi connectivity index (χ3n) is 3.75. The Morgan fingerprint density at radius 3 is 2.52 bits per heavy atom. The van der Waals surface area contributed by atoms with E-state index in [1.165, 1.54) is 0 Å². The molecule has 1 fully saturated rings. The highest BCUT2D eigenvalue weighted by Gasteiger charge is 2.37. The molecule has 23 heavy (non-hydrogen) atoms. The molecule has 1 unspecified atom stereocenters. The number of carbonyl (C=O) groups excluding carboxylic acids is 1. The van der Waals surface area contributed by atoms with Crippen molar-refractivity contribution in [3.8, 4) is 0 Å². The van der Waals surface area contributed by atoms with Crippen LogP contribution in [0.5, 0.6) is 0 Å². The fourth-order valence-corrected chi connectivity index (χ4v) is 3.86. The molecule has 1 aliphatic rings. The van der Waals surface area contributed by atoms with Gasteiger partial charge in [0.2, 0.25) is 0 Å². The molecule has 1 aromatic carbocycles. The standard InChI is InChI=1S/C17H26N2O3S/c1-17(2,3)23(21)19(11-13-7-5-4-6-8-13)12-14-9-10-15(18)16(20)22-14/h4-8,14-15H,9-12,18H2,1-3H3/t14-,15?,23-/m0/s1. The Morgan fingerprint density at radius 2 is 1.96 bits per heavy atom. The van der Waals surface area contributed by atoms with Crippen molar-refractivity contribution in [1.29, 1.82) is 0 Å². The van der Waals surface area contributed by atoms with Gasteiger partial charge >= 0.3 is 5.97 Å². The van der Waals surface area contributed by atoms with Gasteiger partial charge in [-0.2, -0.15) is 0 Å². The molecule has 1 heterocycles. The second-order valence-corrected chi connectivity index (χ2v) is 9.15. The Balaban J connectivity index is 2.08. The van der Waals surface area contributed by atoms with Gasteiger partial charge in [0, 0.05) is 11.4 Å². The van der Waals surface area contributed by atoms with Gasteiger partial charge in [-0.25, -0.2) is 0 Å². The average Bonchev–Trinajstić information content (AvgIpc) is 2.49. The minimum atomic E-state index is -1.19. The number of cyclic esters (lactones) is 1. The molecule has 0 bridgehead atoms. The van der Waals surface area contributed by atoms with Gasteiger partial charge in [-0.15, -0.1) is 4.31 Å². The number of benzene rings is 1. The van der Waals surface area contributed by atoms with Crippen LogP contribution in [-0.4, -0.2) is 38.3 Å². The molecule has 128 valence electrons. The van der Waals surface area contributed by atoms with Gasteiger partial charge in [0.05, 0.1) is 13.1 Å². The second-order valence-electron chi connectivity index (χ2n) is 6.91. The number of rotatable bonds is 5. The predicted molar refractivity (Wildman–Crippen MR) is 91.8 cm³/mol. The lowest BCUT2D eigenvalue weighted by atomic mass is 10.1. The number of esters is 1. The lowest BCUT2D eigenvalue weighted by Crippen LogP contribution is -2.49. The molecule has 0 spiro atoms. The van der Waals surface area contributed by atoms with Gasteiger partial charge in [-0.3, -0.25) is 4.79 Å². The maximum Gasteiger partial charge on any atom is 0.323 e. The van der Waals surface area contributed by atoms with Gasteiger partial charge in [0.15, 0.2) is 0 Å². The predicted octanol–water partition coefficient (Wildman–Crippen LogP) is 1.98. The van der Waals surface area contributed by atoms with E-state index in [1.54, 1.807) is 0 Å². The van der Waals surface area contributed by atoms with Crippen molar-refractivity contribution in [2.24, 2.45) is 5.73 Å². The molecule has 0 radical (unpaired) electrons. The van der Waals surface area contributed by atoms with Crippen LogP contribution in [0.3, 0.4) is 0 Å². The van der Waals surface area contributed by atoms with Gasteiger partial charge in [0.25, 0.3) is 0 Å². The Bertz CT molecular complexity index is 518. The normalized spacial score (nSPS) is 23.7. The molecule has 0 amide bonds. The number of hydrogen-bond acceptors (Lipinski definition) is 5. The van der Waals surface area contributed by atoms with Crippen molar-refractivity contribution in [1.82, 2.24) is 4.31 Å². The summed E-state index contributed by atoms with van der Waals surface area (Å²) in [6, 6.07) is 9.38. The summed E-state index contributed by atoms with van der Waals surface area (Å²) >= 11 is -1.19. The van der Waals surface area contributed by atoms with E-state index in [9.17, 15) is 9.35 Å². The van der Waals surface area contributed by atoms with Crippen molar-refractivity contribution in [2.45, 2.75) is 57.1 Å². The van der Waals surface area contributed by atoms with E-state index in [-0.39, 0.29) is 16.8 Å². The highest BCUT2D eigenvalue weighted by Crippen LogP contribution is 2.25. The van der Waals surface area contributed by atoms with Crippen LogP contribution in [0, 0.1) is 0 Å². The first-order valence-corrected chi connectivity index (χ1v) is 9.05.